The van der Waals surface area contributed by atoms with E-state index in [0.717, 1.165) is 13.1 Å². The van der Waals surface area contributed by atoms with Gasteiger partial charge in [0.15, 0.2) is 0 Å². The van der Waals surface area contributed by atoms with E-state index >= 15 is 0 Å². The highest BCUT2D eigenvalue weighted by atomic mass is 15.1. The normalized spacial score (nSPS) is 13.1. The molecule has 0 aliphatic heterocycles. The molecule has 1 aromatic rings. The van der Waals surface area contributed by atoms with Gasteiger partial charge in [-0.05, 0) is 33.0 Å². The standard InChI is InChI=1S/C14H24N2/c1-5-14(10-15-3)16(4)11-13-8-6-7-12(2)9-13/h6-9,14-15H,5,10-11H2,1-4H3. The third-order valence-corrected chi connectivity index (χ3v) is 3.05. The minimum Gasteiger partial charge on any atom is -0.318 e. The fourth-order valence-electron chi connectivity index (χ4n) is 2.08. The van der Waals surface area contributed by atoms with Crippen LogP contribution in [0.2, 0.25) is 0 Å². The van der Waals surface area contributed by atoms with Crippen LogP contribution in [0.3, 0.4) is 0 Å². The van der Waals surface area contributed by atoms with Crippen molar-refractivity contribution >= 4 is 0 Å². The van der Waals surface area contributed by atoms with Crippen molar-refractivity contribution in [3.05, 3.63) is 35.4 Å². The number of likely N-dealkylation sites (N-methyl/N-ethyl adjacent to an activating group) is 2. The van der Waals surface area contributed by atoms with Crippen molar-refractivity contribution in [1.29, 1.82) is 0 Å². The molecule has 2 nitrogen and oxygen atoms in total. The fraction of sp³-hybridized carbons (Fsp3) is 0.571. The zero-order chi connectivity index (χ0) is 12.0. The van der Waals surface area contributed by atoms with E-state index in [4.69, 9.17) is 0 Å². The lowest BCUT2D eigenvalue weighted by atomic mass is 10.1. The van der Waals surface area contributed by atoms with Gasteiger partial charge < -0.3 is 5.32 Å². The Morgan fingerprint density at radius 3 is 2.69 bits per heavy atom. The summed E-state index contributed by atoms with van der Waals surface area (Å²) in [6.07, 6.45) is 1.18. The van der Waals surface area contributed by atoms with Crippen molar-refractivity contribution in [3.8, 4) is 0 Å². The molecule has 0 amide bonds. The predicted molar refractivity (Wildman–Crippen MR) is 70.7 cm³/mol. The molecule has 1 unspecified atom stereocenters. The Hall–Kier alpha value is -0.860. The molecular formula is C14H24N2. The third kappa shape index (κ3) is 3.95. The Labute approximate surface area is 99.7 Å². The number of nitrogens with one attached hydrogen (secondary N) is 1. The maximum absolute atomic E-state index is 3.26. The van der Waals surface area contributed by atoms with Crippen LogP contribution in [0.15, 0.2) is 24.3 Å². The van der Waals surface area contributed by atoms with Gasteiger partial charge in [-0.2, -0.15) is 0 Å². The number of aryl methyl sites for hydroxylation is 1. The van der Waals surface area contributed by atoms with Crippen molar-refractivity contribution in [3.63, 3.8) is 0 Å². The quantitative estimate of drug-likeness (QED) is 0.792. The molecule has 16 heavy (non-hydrogen) atoms. The van der Waals surface area contributed by atoms with Crippen LogP contribution in [0.25, 0.3) is 0 Å². The maximum Gasteiger partial charge on any atom is 0.0234 e. The van der Waals surface area contributed by atoms with Crippen LogP contribution in [0.5, 0.6) is 0 Å². The highest BCUT2D eigenvalue weighted by molar-refractivity contribution is 5.22. The largest absolute Gasteiger partial charge is 0.318 e. The zero-order valence-electron chi connectivity index (χ0n) is 11.0. The van der Waals surface area contributed by atoms with E-state index in [1.165, 1.54) is 17.5 Å². The first-order valence-corrected chi connectivity index (χ1v) is 6.07. The minimum atomic E-state index is 0.616. The average molecular weight is 220 g/mol. The zero-order valence-corrected chi connectivity index (χ0v) is 11.0. The summed E-state index contributed by atoms with van der Waals surface area (Å²) < 4.78 is 0. The number of nitrogens with zero attached hydrogens (tertiary/aromatic N) is 1. The van der Waals surface area contributed by atoms with Gasteiger partial charge in [0.05, 0.1) is 0 Å². The van der Waals surface area contributed by atoms with Crippen molar-refractivity contribution in [1.82, 2.24) is 10.2 Å². The lowest BCUT2D eigenvalue weighted by Crippen LogP contribution is -2.38. The highest BCUT2D eigenvalue weighted by Gasteiger charge is 2.11. The lowest BCUT2D eigenvalue weighted by Gasteiger charge is -2.27. The van der Waals surface area contributed by atoms with Crippen molar-refractivity contribution in [2.24, 2.45) is 0 Å². The van der Waals surface area contributed by atoms with Gasteiger partial charge in [-0.25, -0.2) is 0 Å². The first kappa shape index (κ1) is 13.2. The van der Waals surface area contributed by atoms with Gasteiger partial charge in [0.25, 0.3) is 0 Å². The smallest absolute Gasteiger partial charge is 0.0234 e. The lowest BCUT2D eigenvalue weighted by molar-refractivity contribution is 0.224. The van der Waals surface area contributed by atoms with E-state index in [-0.39, 0.29) is 0 Å². The summed E-state index contributed by atoms with van der Waals surface area (Å²) in [6, 6.07) is 9.37. The number of hydrogen-bond acceptors (Lipinski definition) is 2. The molecule has 0 aliphatic carbocycles. The predicted octanol–water partition coefficient (Wildman–Crippen LogP) is 2.42. The van der Waals surface area contributed by atoms with Crippen LogP contribution in [0, 0.1) is 6.92 Å². The summed E-state index contributed by atoms with van der Waals surface area (Å²) >= 11 is 0. The molecule has 0 fully saturated rings. The van der Waals surface area contributed by atoms with E-state index in [0.29, 0.717) is 6.04 Å². The molecule has 0 aromatic heterocycles. The summed E-state index contributed by atoms with van der Waals surface area (Å²) in [7, 11) is 4.22. The monoisotopic (exact) mass is 220 g/mol. The molecular weight excluding hydrogens is 196 g/mol. The molecule has 1 N–H and O–H groups in total. The van der Waals surface area contributed by atoms with Crippen LogP contribution in [-0.4, -0.2) is 31.6 Å². The van der Waals surface area contributed by atoms with Gasteiger partial charge in [-0.15, -0.1) is 0 Å². The maximum atomic E-state index is 3.26. The number of rotatable bonds is 6. The second-order valence-electron chi connectivity index (χ2n) is 4.52. The van der Waals surface area contributed by atoms with Crippen LogP contribution < -0.4 is 5.32 Å². The molecule has 0 saturated heterocycles. The van der Waals surface area contributed by atoms with Crippen molar-refractivity contribution < 1.29 is 0 Å². The summed E-state index contributed by atoms with van der Waals surface area (Å²) in [5, 5.41) is 3.26. The van der Waals surface area contributed by atoms with Crippen LogP contribution in [-0.2, 0) is 6.54 Å². The Balaban J connectivity index is 2.58. The van der Waals surface area contributed by atoms with Gasteiger partial charge in [0.1, 0.15) is 0 Å². The molecule has 0 aliphatic rings. The molecule has 1 aromatic carbocycles. The second kappa shape index (κ2) is 6.66. The van der Waals surface area contributed by atoms with Gasteiger partial charge >= 0.3 is 0 Å². The molecule has 0 spiro atoms. The van der Waals surface area contributed by atoms with Crippen LogP contribution in [0.1, 0.15) is 24.5 Å². The third-order valence-electron chi connectivity index (χ3n) is 3.05. The molecule has 0 heterocycles. The average Bonchev–Trinajstić information content (AvgIpc) is 2.25. The number of hydrogen-bond donors (Lipinski definition) is 1. The van der Waals surface area contributed by atoms with E-state index < -0.39 is 0 Å². The molecule has 90 valence electrons. The SMILES string of the molecule is CCC(CNC)N(C)Cc1cccc(C)c1. The fourth-order valence-corrected chi connectivity index (χ4v) is 2.08. The Morgan fingerprint density at radius 1 is 1.38 bits per heavy atom. The summed E-state index contributed by atoms with van der Waals surface area (Å²) in [4.78, 5) is 2.42. The molecule has 1 atom stereocenters. The van der Waals surface area contributed by atoms with E-state index in [1.807, 2.05) is 7.05 Å². The molecule has 1 rings (SSSR count). The van der Waals surface area contributed by atoms with Gasteiger partial charge in [0.2, 0.25) is 0 Å². The Bertz CT molecular complexity index is 309. The Kier molecular flexibility index (Phi) is 5.50. The summed E-state index contributed by atoms with van der Waals surface area (Å²) in [5.74, 6) is 0. The molecule has 0 bridgehead atoms. The summed E-state index contributed by atoms with van der Waals surface area (Å²) in [5.41, 5.74) is 2.74. The van der Waals surface area contributed by atoms with Gasteiger partial charge in [-0.3, -0.25) is 4.90 Å². The van der Waals surface area contributed by atoms with Crippen molar-refractivity contribution in [2.45, 2.75) is 32.9 Å². The number of benzene rings is 1. The van der Waals surface area contributed by atoms with E-state index in [1.54, 1.807) is 0 Å². The van der Waals surface area contributed by atoms with Gasteiger partial charge in [-0.1, -0.05) is 36.8 Å². The Morgan fingerprint density at radius 2 is 2.12 bits per heavy atom. The summed E-state index contributed by atoms with van der Waals surface area (Å²) in [6.45, 7) is 6.48. The first-order chi connectivity index (χ1) is 7.67. The van der Waals surface area contributed by atoms with Gasteiger partial charge in [0, 0.05) is 19.1 Å². The first-order valence-electron chi connectivity index (χ1n) is 6.07. The highest BCUT2D eigenvalue weighted by Crippen LogP contribution is 2.10. The molecule has 2 heteroatoms. The molecule has 0 saturated carbocycles. The van der Waals surface area contributed by atoms with Crippen LogP contribution >= 0.6 is 0 Å². The van der Waals surface area contributed by atoms with E-state index in [9.17, 15) is 0 Å². The second-order valence-corrected chi connectivity index (χ2v) is 4.52. The van der Waals surface area contributed by atoms with Crippen molar-refractivity contribution in [2.75, 3.05) is 20.6 Å². The molecule has 0 radical (unpaired) electrons. The topological polar surface area (TPSA) is 15.3 Å². The minimum absolute atomic E-state index is 0.616. The van der Waals surface area contributed by atoms with E-state index in [2.05, 4.69) is 55.4 Å². The van der Waals surface area contributed by atoms with Crippen LogP contribution in [0.4, 0.5) is 0 Å².